The lowest BCUT2D eigenvalue weighted by Gasteiger charge is -2.05. The van der Waals surface area contributed by atoms with Gasteiger partial charge < -0.3 is 13.9 Å². The van der Waals surface area contributed by atoms with Crippen molar-refractivity contribution in [2.45, 2.75) is 18.9 Å². The van der Waals surface area contributed by atoms with Crippen LogP contribution in [-0.4, -0.2) is 17.3 Å². The van der Waals surface area contributed by atoms with E-state index < -0.39 is 0 Å². The van der Waals surface area contributed by atoms with Crippen LogP contribution in [0.1, 0.15) is 24.1 Å². The van der Waals surface area contributed by atoms with Crippen LogP contribution < -0.4 is 9.47 Å². The Hall–Kier alpha value is -1.75. The Bertz CT molecular complexity index is 514. The van der Waals surface area contributed by atoms with E-state index in [2.05, 4.69) is 10.2 Å². The van der Waals surface area contributed by atoms with Gasteiger partial charge in [-0.15, -0.1) is 21.8 Å². The van der Waals surface area contributed by atoms with Crippen molar-refractivity contribution in [2.24, 2.45) is 0 Å². The predicted octanol–water partition coefficient (Wildman–Crippen LogP) is 2.96. The number of alkyl halides is 1. The van der Waals surface area contributed by atoms with Gasteiger partial charge in [0.15, 0.2) is 6.61 Å². The van der Waals surface area contributed by atoms with Crippen LogP contribution in [-0.2, 0) is 6.61 Å². The molecule has 1 unspecified atom stereocenters. The molecule has 1 atom stereocenters. The number of halogens is 1. The summed E-state index contributed by atoms with van der Waals surface area (Å²) in [6.07, 6.45) is 0. The molecule has 0 saturated heterocycles. The molecule has 0 aliphatic heterocycles. The molecule has 0 aliphatic rings. The van der Waals surface area contributed by atoms with E-state index in [1.165, 1.54) is 0 Å². The Morgan fingerprint density at radius 3 is 2.78 bits per heavy atom. The van der Waals surface area contributed by atoms with Crippen molar-refractivity contribution >= 4 is 11.6 Å². The van der Waals surface area contributed by atoms with Crippen LogP contribution >= 0.6 is 11.6 Å². The first-order chi connectivity index (χ1) is 8.69. The average Bonchev–Trinajstić information content (AvgIpc) is 2.85. The maximum Gasteiger partial charge on any atom is 0.253 e. The molecule has 0 N–H and O–H groups in total. The van der Waals surface area contributed by atoms with Gasteiger partial charge in [0.2, 0.25) is 5.89 Å². The predicted molar refractivity (Wildman–Crippen MR) is 65.9 cm³/mol. The SMILES string of the molecule is COc1cccc(OCc2nnc(C(C)Cl)o2)c1. The van der Waals surface area contributed by atoms with Crippen LogP contribution in [0, 0.1) is 0 Å². The van der Waals surface area contributed by atoms with E-state index in [0.717, 1.165) is 5.75 Å². The van der Waals surface area contributed by atoms with Gasteiger partial charge in [0.05, 0.1) is 7.11 Å². The largest absolute Gasteiger partial charge is 0.497 e. The molecule has 1 aromatic carbocycles. The summed E-state index contributed by atoms with van der Waals surface area (Å²) in [5, 5.41) is 7.34. The van der Waals surface area contributed by atoms with Gasteiger partial charge in [-0.1, -0.05) is 6.07 Å². The van der Waals surface area contributed by atoms with Crippen LogP contribution in [0.2, 0.25) is 0 Å². The fourth-order valence-corrected chi connectivity index (χ4v) is 1.41. The molecule has 18 heavy (non-hydrogen) atoms. The number of methoxy groups -OCH3 is 1. The first-order valence-electron chi connectivity index (χ1n) is 5.42. The van der Waals surface area contributed by atoms with Crippen molar-refractivity contribution in [2.75, 3.05) is 7.11 Å². The van der Waals surface area contributed by atoms with E-state index >= 15 is 0 Å². The van der Waals surface area contributed by atoms with E-state index in [1.54, 1.807) is 20.1 Å². The molecule has 0 saturated carbocycles. The smallest absolute Gasteiger partial charge is 0.253 e. The summed E-state index contributed by atoms with van der Waals surface area (Å²) in [6, 6.07) is 7.28. The summed E-state index contributed by atoms with van der Waals surface area (Å²) in [6.45, 7) is 1.96. The Morgan fingerprint density at radius 1 is 1.33 bits per heavy atom. The molecule has 0 bridgehead atoms. The zero-order chi connectivity index (χ0) is 13.0. The van der Waals surface area contributed by atoms with Gasteiger partial charge in [-0.3, -0.25) is 0 Å². The fraction of sp³-hybridized carbons (Fsp3) is 0.333. The number of benzene rings is 1. The number of ether oxygens (including phenoxy) is 2. The molecule has 96 valence electrons. The number of hydrogen-bond acceptors (Lipinski definition) is 5. The summed E-state index contributed by atoms with van der Waals surface area (Å²) in [4.78, 5) is 0. The number of rotatable bonds is 5. The third-order valence-electron chi connectivity index (χ3n) is 2.23. The molecule has 1 aromatic heterocycles. The third-order valence-corrected chi connectivity index (χ3v) is 2.41. The minimum atomic E-state index is -0.303. The van der Waals surface area contributed by atoms with Crippen molar-refractivity contribution in [3.8, 4) is 11.5 Å². The maximum atomic E-state index is 5.82. The van der Waals surface area contributed by atoms with E-state index in [1.807, 2.05) is 18.2 Å². The van der Waals surface area contributed by atoms with Gasteiger partial charge in [-0.05, 0) is 19.1 Å². The Morgan fingerprint density at radius 2 is 2.11 bits per heavy atom. The monoisotopic (exact) mass is 268 g/mol. The van der Waals surface area contributed by atoms with E-state index in [9.17, 15) is 0 Å². The molecule has 2 aromatic rings. The van der Waals surface area contributed by atoms with Gasteiger partial charge in [0, 0.05) is 6.07 Å². The van der Waals surface area contributed by atoms with Gasteiger partial charge in [-0.2, -0.15) is 0 Å². The molecule has 0 aliphatic carbocycles. The fourth-order valence-electron chi connectivity index (χ4n) is 1.32. The number of nitrogens with zero attached hydrogens (tertiary/aromatic N) is 2. The topological polar surface area (TPSA) is 57.4 Å². The van der Waals surface area contributed by atoms with Crippen LogP contribution in [0.25, 0.3) is 0 Å². The van der Waals surface area contributed by atoms with Crippen molar-refractivity contribution in [3.63, 3.8) is 0 Å². The van der Waals surface area contributed by atoms with Crippen molar-refractivity contribution in [1.29, 1.82) is 0 Å². The summed E-state index contributed by atoms with van der Waals surface area (Å²) in [5.41, 5.74) is 0. The van der Waals surface area contributed by atoms with E-state index in [0.29, 0.717) is 17.5 Å². The molecule has 0 spiro atoms. The quantitative estimate of drug-likeness (QED) is 0.780. The van der Waals surface area contributed by atoms with Crippen LogP contribution in [0.4, 0.5) is 0 Å². The second-order valence-corrected chi connectivity index (χ2v) is 4.27. The van der Waals surface area contributed by atoms with Gasteiger partial charge in [-0.25, -0.2) is 0 Å². The number of aromatic nitrogens is 2. The van der Waals surface area contributed by atoms with E-state index in [-0.39, 0.29) is 12.0 Å². The minimum absolute atomic E-state index is 0.198. The van der Waals surface area contributed by atoms with Crippen molar-refractivity contribution < 1.29 is 13.9 Å². The highest BCUT2D eigenvalue weighted by molar-refractivity contribution is 6.20. The lowest BCUT2D eigenvalue weighted by molar-refractivity contribution is 0.257. The van der Waals surface area contributed by atoms with Gasteiger partial charge >= 0.3 is 0 Å². The summed E-state index contributed by atoms with van der Waals surface area (Å²) in [5.74, 6) is 2.18. The molecular formula is C12H13ClN2O3. The highest BCUT2D eigenvalue weighted by Gasteiger charge is 2.11. The molecular weight excluding hydrogens is 256 g/mol. The van der Waals surface area contributed by atoms with Crippen molar-refractivity contribution in [3.05, 3.63) is 36.0 Å². The lowest BCUT2D eigenvalue weighted by Crippen LogP contribution is -1.96. The zero-order valence-electron chi connectivity index (χ0n) is 10.1. The van der Waals surface area contributed by atoms with Crippen LogP contribution in [0.15, 0.2) is 28.7 Å². The van der Waals surface area contributed by atoms with Crippen LogP contribution in [0.5, 0.6) is 11.5 Å². The molecule has 1 heterocycles. The average molecular weight is 269 g/mol. The standard InChI is InChI=1S/C12H13ClN2O3/c1-8(13)12-15-14-11(18-12)7-17-10-5-3-4-9(6-10)16-2/h3-6,8H,7H2,1-2H3. The zero-order valence-corrected chi connectivity index (χ0v) is 10.8. The molecule has 0 amide bonds. The second-order valence-electron chi connectivity index (χ2n) is 3.62. The molecule has 5 nitrogen and oxygen atoms in total. The van der Waals surface area contributed by atoms with Gasteiger partial charge in [0.25, 0.3) is 5.89 Å². The van der Waals surface area contributed by atoms with Gasteiger partial charge in [0.1, 0.15) is 16.9 Å². The van der Waals surface area contributed by atoms with Crippen molar-refractivity contribution in [1.82, 2.24) is 10.2 Å². The van der Waals surface area contributed by atoms with E-state index in [4.69, 9.17) is 25.5 Å². The first-order valence-corrected chi connectivity index (χ1v) is 5.86. The maximum absolute atomic E-state index is 5.82. The highest BCUT2D eigenvalue weighted by atomic mass is 35.5. The second kappa shape index (κ2) is 5.73. The summed E-state index contributed by atoms with van der Waals surface area (Å²) < 4.78 is 15.9. The normalized spacial score (nSPS) is 12.2. The highest BCUT2D eigenvalue weighted by Crippen LogP contribution is 2.21. The minimum Gasteiger partial charge on any atom is -0.497 e. The molecule has 0 radical (unpaired) electrons. The lowest BCUT2D eigenvalue weighted by atomic mass is 10.3. The molecule has 2 rings (SSSR count). The Labute approximate surface area is 110 Å². The summed E-state index contributed by atoms with van der Waals surface area (Å²) in [7, 11) is 1.60. The van der Waals surface area contributed by atoms with Crippen LogP contribution in [0.3, 0.4) is 0 Å². The molecule has 0 fully saturated rings. The Kier molecular flexibility index (Phi) is 4.04. The molecule has 6 heteroatoms. The first kappa shape index (κ1) is 12.7. The third kappa shape index (κ3) is 3.13. The number of hydrogen-bond donors (Lipinski definition) is 0. The Balaban J connectivity index is 1.97. The summed E-state index contributed by atoms with van der Waals surface area (Å²) >= 11 is 5.82.